The summed E-state index contributed by atoms with van der Waals surface area (Å²) in [5.74, 6) is 1.01. The summed E-state index contributed by atoms with van der Waals surface area (Å²) in [5.41, 5.74) is 0. The molecule has 0 spiro atoms. The summed E-state index contributed by atoms with van der Waals surface area (Å²) in [6, 6.07) is 0.711. The predicted octanol–water partition coefficient (Wildman–Crippen LogP) is 2.18. The third-order valence-corrected chi connectivity index (χ3v) is 4.88. The number of aliphatic imine (C=N–C) groups is 1. The predicted molar refractivity (Wildman–Crippen MR) is 114 cm³/mol. The van der Waals surface area contributed by atoms with Gasteiger partial charge in [0.05, 0.1) is 19.8 Å². The van der Waals surface area contributed by atoms with Crippen LogP contribution in [0.25, 0.3) is 0 Å². The third-order valence-electron chi connectivity index (χ3n) is 4.88. The van der Waals surface area contributed by atoms with Gasteiger partial charge in [-0.3, -0.25) is 9.89 Å². The molecule has 2 heterocycles. The van der Waals surface area contributed by atoms with Crippen LogP contribution in [-0.4, -0.2) is 88.0 Å². The van der Waals surface area contributed by atoms with Gasteiger partial charge in [0.2, 0.25) is 0 Å². The molecule has 7 heteroatoms. The maximum Gasteiger partial charge on any atom is 0.193 e. The summed E-state index contributed by atoms with van der Waals surface area (Å²) in [4.78, 5) is 9.47. The van der Waals surface area contributed by atoms with Gasteiger partial charge in [0.25, 0.3) is 0 Å². The van der Waals surface area contributed by atoms with Crippen molar-refractivity contribution in [3.63, 3.8) is 0 Å². The fourth-order valence-corrected chi connectivity index (χ4v) is 3.47. The van der Waals surface area contributed by atoms with E-state index in [-0.39, 0.29) is 24.0 Å². The lowest BCUT2D eigenvalue weighted by atomic mass is 10.2. The van der Waals surface area contributed by atoms with E-state index < -0.39 is 0 Å². The number of nitrogens with one attached hydrogen (secondary N) is 1. The van der Waals surface area contributed by atoms with E-state index in [1.54, 1.807) is 0 Å². The molecule has 148 valence electrons. The van der Waals surface area contributed by atoms with Crippen LogP contribution in [0, 0.1) is 0 Å². The number of likely N-dealkylation sites (tertiary alicyclic amines) is 2. The zero-order valence-electron chi connectivity index (χ0n) is 16.0. The Morgan fingerprint density at radius 3 is 2.48 bits per heavy atom. The van der Waals surface area contributed by atoms with Crippen LogP contribution in [0.3, 0.4) is 0 Å². The average molecular weight is 468 g/mol. The second-order valence-electron chi connectivity index (χ2n) is 6.68. The smallest absolute Gasteiger partial charge is 0.193 e. The van der Waals surface area contributed by atoms with Crippen molar-refractivity contribution < 1.29 is 9.47 Å². The lowest BCUT2D eigenvalue weighted by molar-refractivity contribution is 0.0486. The molecule has 0 aromatic carbocycles. The van der Waals surface area contributed by atoms with E-state index in [1.807, 2.05) is 7.05 Å². The highest BCUT2D eigenvalue weighted by Crippen LogP contribution is 2.20. The van der Waals surface area contributed by atoms with E-state index >= 15 is 0 Å². The Hall–Kier alpha value is -0.120. The van der Waals surface area contributed by atoms with Gasteiger partial charge in [-0.1, -0.05) is 13.3 Å². The van der Waals surface area contributed by atoms with Crippen molar-refractivity contribution in [3.05, 3.63) is 0 Å². The number of nitrogens with zero attached hydrogens (tertiary/aromatic N) is 3. The molecule has 2 saturated heterocycles. The van der Waals surface area contributed by atoms with E-state index in [9.17, 15) is 0 Å². The molecule has 2 rings (SSSR count). The number of hydrogen-bond acceptors (Lipinski definition) is 4. The topological polar surface area (TPSA) is 49.3 Å². The van der Waals surface area contributed by atoms with E-state index in [0.29, 0.717) is 25.9 Å². The minimum atomic E-state index is 0. The summed E-state index contributed by atoms with van der Waals surface area (Å²) in [6.45, 7) is 10.6. The summed E-state index contributed by atoms with van der Waals surface area (Å²) < 4.78 is 11.1. The minimum absolute atomic E-state index is 0. The van der Waals surface area contributed by atoms with Crippen LogP contribution in [0.5, 0.6) is 0 Å². The molecule has 1 atom stereocenters. The first-order chi connectivity index (χ1) is 11.8. The van der Waals surface area contributed by atoms with Crippen LogP contribution in [0.4, 0.5) is 0 Å². The Morgan fingerprint density at radius 1 is 1.08 bits per heavy atom. The van der Waals surface area contributed by atoms with Gasteiger partial charge in [-0.15, -0.1) is 24.0 Å². The summed E-state index contributed by atoms with van der Waals surface area (Å²) in [7, 11) is 1.87. The molecule has 2 aliphatic rings. The van der Waals surface area contributed by atoms with E-state index in [2.05, 4.69) is 27.0 Å². The molecule has 25 heavy (non-hydrogen) atoms. The fourth-order valence-electron chi connectivity index (χ4n) is 3.47. The maximum atomic E-state index is 5.60. The van der Waals surface area contributed by atoms with Crippen LogP contribution < -0.4 is 5.32 Å². The van der Waals surface area contributed by atoms with E-state index in [4.69, 9.17) is 9.47 Å². The number of guanidine groups is 1. The van der Waals surface area contributed by atoms with Crippen molar-refractivity contribution in [1.82, 2.24) is 15.1 Å². The van der Waals surface area contributed by atoms with Crippen molar-refractivity contribution in [1.29, 1.82) is 0 Å². The molecule has 0 saturated carbocycles. The quantitative estimate of drug-likeness (QED) is 0.231. The van der Waals surface area contributed by atoms with Crippen LogP contribution in [0.1, 0.15) is 39.0 Å². The van der Waals surface area contributed by atoms with Crippen LogP contribution >= 0.6 is 24.0 Å². The second-order valence-corrected chi connectivity index (χ2v) is 6.68. The van der Waals surface area contributed by atoms with Gasteiger partial charge >= 0.3 is 0 Å². The normalized spacial score (nSPS) is 21.6. The van der Waals surface area contributed by atoms with Gasteiger partial charge in [0, 0.05) is 39.3 Å². The number of hydrogen-bond donors (Lipinski definition) is 1. The minimum Gasteiger partial charge on any atom is -0.379 e. The largest absolute Gasteiger partial charge is 0.379 e. The third kappa shape index (κ3) is 8.41. The van der Waals surface area contributed by atoms with Crippen LogP contribution in [0.2, 0.25) is 0 Å². The van der Waals surface area contributed by atoms with Crippen molar-refractivity contribution in [3.8, 4) is 0 Å². The highest BCUT2D eigenvalue weighted by Gasteiger charge is 2.30. The SMILES string of the molecule is CCCCOCCOCCNC(=NC)N1CCC(N2CCCC2)C1.I. The molecule has 2 aliphatic heterocycles. The Morgan fingerprint density at radius 2 is 1.80 bits per heavy atom. The van der Waals surface area contributed by atoms with Gasteiger partial charge in [-0.25, -0.2) is 0 Å². The van der Waals surface area contributed by atoms with Crippen molar-refractivity contribution in [2.75, 3.05) is 66.2 Å². The van der Waals surface area contributed by atoms with Crippen molar-refractivity contribution in [2.45, 2.75) is 45.1 Å². The van der Waals surface area contributed by atoms with Gasteiger partial charge in [-0.2, -0.15) is 0 Å². The molecule has 2 fully saturated rings. The monoisotopic (exact) mass is 468 g/mol. The molecule has 6 nitrogen and oxygen atoms in total. The number of unbranched alkanes of at least 4 members (excludes halogenated alkanes) is 1. The summed E-state index contributed by atoms with van der Waals surface area (Å²) in [6.07, 6.45) is 6.30. The molecule has 0 bridgehead atoms. The number of rotatable bonds is 10. The van der Waals surface area contributed by atoms with Crippen molar-refractivity contribution >= 4 is 29.9 Å². The molecule has 1 N–H and O–H groups in total. The second kappa shape index (κ2) is 14.0. The maximum absolute atomic E-state index is 5.60. The first kappa shape index (κ1) is 22.9. The molecular weight excluding hydrogens is 431 g/mol. The number of halogens is 1. The zero-order chi connectivity index (χ0) is 17.0. The molecule has 0 aromatic rings. The fraction of sp³-hybridized carbons (Fsp3) is 0.944. The summed E-state index contributed by atoms with van der Waals surface area (Å²) in [5, 5.41) is 3.43. The Kier molecular flexibility index (Phi) is 12.8. The standard InChI is InChI=1S/C18H36N4O2.HI/c1-3-4-12-23-14-15-24-13-8-20-18(19-2)22-11-7-17(16-22)21-9-5-6-10-21;/h17H,3-16H2,1-2H3,(H,19,20);1H. The molecule has 0 aromatic heterocycles. The van der Waals surface area contributed by atoms with Gasteiger partial charge < -0.3 is 19.7 Å². The summed E-state index contributed by atoms with van der Waals surface area (Å²) >= 11 is 0. The Labute approximate surface area is 170 Å². The average Bonchev–Trinajstić information content (AvgIpc) is 3.28. The first-order valence-electron chi connectivity index (χ1n) is 9.70. The Bertz CT molecular complexity index is 365. The van der Waals surface area contributed by atoms with Crippen LogP contribution in [0.15, 0.2) is 4.99 Å². The van der Waals surface area contributed by atoms with Crippen LogP contribution in [-0.2, 0) is 9.47 Å². The van der Waals surface area contributed by atoms with Gasteiger partial charge in [0.1, 0.15) is 0 Å². The highest BCUT2D eigenvalue weighted by atomic mass is 127. The lowest BCUT2D eigenvalue weighted by Gasteiger charge is -2.25. The molecule has 0 aliphatic carbocycles. The molecular formula is C18H37IN4O2. The zero-order valence-corrected chi connectivity index (χ0v) is 18.4. The first-order valence-corrected chi connectivity index (χ1v) is 9.70. The van der Waals surface area contributed by atoms with E-state index in [1.165, 1.54) is 38.8 Å². The van der Waals surface area contributed by atoms with Crippen molar-refractivity contribution in [2.24, 2.45) is 4.99 Å². The number of ether oxygens (including phenoxy) is 2. The Balaban J connectivity index is 0.00000312. The van der Waals surface area contributed by atoms with Gasteiger partial charge in [-0.05, 0) is 38.8 Å². The molecule has 1 unspecified atom stereocenters. The van der Waals surface area contributed by atoms with E-state index in [0.717, 1.165) is 38.6 Å². The lowest BCUT2D eigenvalue weighted by Crippen LogP contribution is -2.43. The van der Waals surface area contributed by atoms with Gasteiger partial charge in [0.15, 0.2) is 5.96 Å². The molecule has 0 radical (unpaired) electrons. The molecule has 0 amide bonds. The highest BCUT2D eigenvalue weighted by molar-refractivity contribution is 14.0.